The number of para-hydroxylation sites is 1. The highest BCUT2D eigenvalue weighted by molar-refractivity contribution is 5.97. The van der Waals surface area contributed by atoms with Crippen LogP contribution < -0.4 is 9.64 Å². The van der Waals surface area contributed by atoms with Crippen molar-refractivity contribution in [1.29, 1.82) is 5.26 Å². The van der Waals surface area contributed by atoms with Crippen LogP contribution in [0.4, 0.5) is 10.1 Å². The molecule has 1 fully saturated rings. The number of hydrogen-bond donors (Lipinski definition) is 0. The molecule has 134 valence electrons. The van der Waals surface area contributed by atoms with E-state index in [0.29, 0.717) is 55.3 Å². The number of hydrogen-bond acceptors (Lipinski definition) is 4. The Kier molecular flexibility index (Phi) is 5.37. The molecule has 0 bridgehead atoms. The summed E-state index contributed by atoms with van der Waals surface area (Å²) in [6.45, 7) is 4.44. The van der Waals surface area contributed by atoms with Crippen molar-refractivity contribution in [1.82, 2.24) is 4.90 Å². The minimum absolute atomic E-state index is 0.0750. The maximum atomic E-state index is 14.2. The highest BCUT2D eigenvalue weighted by Gasteiger charge is 2.25. The first kappa shape index (κ1) is 17.7. The number of carbonyl (C=O) groups is 1. The highest BCUT2D eigenvalue weighted by Crippen LogP contribution is 2.24. The zero-order valence-corrected chi connectivity index (χ0v) is 14.6. The third kappa shape index (κ3) is 3.62. The minimum Gasteiger partial charge on any atom is -0.493 e. The van der Waals surface area contributed by atoms with Crippen LogP contribution in [-0.4, -0.2) is 43.6 Å². The number of rotatable bonds is 4. The van der Waals surface area contributed by atoms with E-state index in [4.69, 9.17) is 10.00 Å². The monoisotopic (exact) mass is 353 g/mol. The molecule has 0 unspecified atom stereocenters. The van der Waals surface area contributed by atoms with Crippen molar-refractivity contribution in [2.45, 2.75) is 6.92 Å². The maximum absolute atomic E-state index is 14.2. The summed E-state index contributed by atoms with van der Waals surface area (Å²) >= 11 is 0. The van der Waals surface area contributed by atoms with Crippen LogP contribution in [0.5, 0.6) is 5.75 Å². The second-order valence-corrected chi connectivity index (χ2v) is 5.99. The molecule has 0 atom stereocenters. The number of piperazine rings is 1. The van der Waals surface area contributed by atoms with Gasteiger partial charge in [-0.2, -0.15) is 5.26 Å². The van der Waals surface area contributed by atoms with Crippen LogP contribution in [0.3, 0.4) is 0 Å². The Morgan fingerprint density at radius 3 is 2.58 bits per heavy atom. The average Bonchev–Trinajstić information content (AvgIpc) is 2.68. The Hall–Kier alpha value is -3.07. The van der Waals surface area contributed by atoms with Gasteiger partial charge < -0.3 is 14.5 Å². The number of amides is 1. The standard InChI is InChI=1S/C20H20FN3O2/c1-2-26-19-6-4-3-5-16(19)20(25)24-11-9-23(10-12-24)18-8-7-15(14-22)13-17(18)21/h3-8,13H,2,9-12H2,1H3. The molecule has 2 aromatic carbocycles. The van der Waals surface area contributed by atoms with Gasteiger partial charge in [-0.15, -0.1) is 0 Å². The number of nitriles is 1. The first-order valence-corrected chi connectivity index (χ1v) is 8.59. The Morgan fingerprint density at radius 1 is 1.19 bits per heavy atom. The Balaban J connectivity index is 1.69. The number of nitrogens with zero attached hydrogens (tertiary/aromatic N) is 3. The van der Waals surface area contributed by atoms with Crippen molar-refractivity contribution in [3.8, 4) is 11.8 Å². The van der Waals surface area contributed by atoms with Crippen LogP contribution in [0.2, 0.25) is 0 Å². The highest BCUT2D eigenvalue weighted by atomic mass is 19.1. The summed E-state index contributed by atoms with van der Waals surface area (Å²) < 4.78 is 19.7. The predicted molar refractivity (Wildman–Crippen MR) is 96.8 cm³/mol. The largest absolute Gasteiger partial charge is 0.493 e. The summed E-state index contributed by atoms with van der Waals surface area (Å²) in [6.07, 6.45) is 0. The molecule has 1 aliphatic rings. The van der Waals surface area contributed by atoms with Gasteiger partial charge in [-0.1, -0.05) is 12.1 Å². The Bertz CT molecular complexity index is 839. The molecule has 0 aromatic heterocycles. The molecule has 0 N–H and O–H groups in total. The molecule has 5 nitrogen and oxygen atoms in total. The van der Waals surface area contributed by atoms with Gasteiger partial charge in [0.1, 0.15) is 11.6 Å². The summed E-state index contributed by atoms with van der Waals surface area (Å²) in [6, 6.07) is 13.6. The molecule has 1 saturated heterocycles. The van der Waals surface area contributed by atoms with Crippen LogP contribution in [-0.2, 0) is 0 Å². The van der Waals surface area contributed by atoms with Crippen molar-refractivity contribution in [2.24, 2.45) is 0 Å². The van der Waals surface area contributed by atoms with Gasteiger partial charge in [0, 0.05) is 26.2 Å². The zero-order valence-electron chi connectivity index (χ0n) is 14.6. The molecule has 0 aliphatic carbocycles. The van der Waals surface area contributed by atoms with Crippen molar-refractivity contribution in [3.63, 3.8) is 0 Å². The number of ether oxygens (including phenoxy) is 1. The van der Waals surface area contributed by atoms with Gasteiger partial charge in [-0.05, 0) is 37.3 Å². The molecule has 1 amide bonds. The molecule has 26 heavy (non-hydrogen) atoms. The van der Waals surface area contributed by atoms with Crippen LogP contribution in [0.1, 0.15) is 22.8 Å². The van der Waals surface area contributed by atoms with E-state index in [1.54, 1.807) is 29.2 Å². The van der Waals surface area contributed by atoms with Crippen LogP contribution >= 0.6 is 0 Å². The van der Waals surface area contributed by atoms with E-state index in [9.17, 15) is 9.18 Å². The predicted octanol–water partition coefficient (Wildman–Crippen LogP) is 3.06. The molecule has 1 heterocycles. The normalized spacial score (nSPS) is 14.0. The number of benzene rings is 2. The second kappa shape index (κ2) is 7.87. The fourth-order valence-electron chi connectivity index (χ4n) is 3.08. The van der Waals surface area contributed by atoms with Gasteiger partial charge >= 0.3 is 0 Å². The summed E-state index contributed by atoms with van der Waals surface area (Å²) in [5.41, 5.74) is 1.31. The lowest BCUT2D eigenvalue weighted by Gasteiger charge is -2.36. The van der Waals surface area contributed by atoms with E-state index >= 15 is 0 Å². The summed E-state index contributed by atoms with van der Waals surface area (Å²) in [5.74, 6) is 0.0973. The Labute approximate surface area is 152 Å². The van der Waals surface area contributed by atoms with Crippen LogP contribution in [0, 0.1) is 17.1 Å². The van der Waals surface area contributed by atoms with E-state index in [1.165, 1.54) is 6.07 Å². The molecular weight excluding hydrogens is 333 g/mol. The average molecular weight is 353 g/mol. The fraction of sp³-hybridized carbons (Fsp3) is 0.300. The van der Waals surface area contributed by atoms with E-state index in [1.807, 2.05) is 30.0 Å². The smallest absolute Gasteiger partial charge is 0.257 e. The van der Waals surface area contributed by atoms with E-state index in [0.717, 1.165) is 0 Å². The van der Waals surface area contributed by atoms with Gasteiger partial charge in [0.2, 0.25) is 0 Å². The number of halogens is 1. The first-order chi connectivity index (χ1) is 12.6. The summed E-state index contributed by atoms with van der Waals surface area (Å²) in [4.78, 5) is 16.5. The van der Waals surface area contributed by atoms with Gasteiger partial charge in [0.05, 0.1) is 29.5 Å². The second-order valence-electron chi connectivity index (χ2n) is 5.99. The maximum Gasteiger partial charge on any atom is 0.257 e. The zero-order chi connectivity index (χ0) is 18.5. The van der Waals surface area contributed by atoms with Gasteiger partial charge in [0.25, 0.3) is 5.91 Å². The summed E-state index contributed by atoms with van der Waals surface area (Å²) in [5, 5.41) is 8.84. The quantitative estimate of drug-likeness (QED) is 0.848. The van der Waals surface area contributed by atoms with E-state index in [-0.39, 0.29) is 5.91 Å². The summed E-state index contributed by atoms with van der Waals surface area (Å²) in [7, 11) is 0. The van der Waals surface area contributed by atoms with Crippen LogP contribution in [0.15, 0.2) is 42.5 Å². The lowest BCUT2D eigenvalue weighted by atomic mass is 10.1. The van der Waals surface area contributed by atoms with Crippen LogP contribution in [0.25, 0.3) is 0 Å². The molecule has 3 rings (SSSR count). The molecule has 0 spiro atoms. The molecule has 0 saturated carbocycles. The first-order valence-electron chi connectivity index (χ1n) is 8.59. The minimum atomic E-state index is -0.412. The SMILES string of the molecule is CCOc1ccccc1C(=O)N1CCN(c2ccc(C#N)cc2F)CC1. The van der Waals surface area contributed by atoms with Crippen molar-refractivity contribution >= 4 is 11.6 Å². The molecule has 1 aliphatic heterocycles. The lowest BCUT2D eigenvalue weighted by Crippen LogP contribution is -2.49. The van der Waals surface area contributed by atoms with Gasteiger partial charge in [-0.3, -0.25) is 4.79 Å². The van der Waals surface area contributed by atoms with Crippen molar-refractivity contribution < 1.29 is 13.9 Å². The topological polar surface area (TPSA) is 56.6 Å². The van der Waals surface area contributed by atoms with E-state index in [2.05, 4.69) is 0 Å². The van der Waals surface area contributed by atoms with Gasteiger partial charge in [-0.25, -0.2) is 4.39 Å². The molecule has 6 heteroatoms. The molecular formula is C20H20FN3O2. The fourth-order valence-corrected chi connectivity index (χ4v) is 3.08. The Morgan fingerprint density at radius 2 is 1.92 bits per heavy atom. The number of carbonyl (C=O) groups excluding carboxylic acids is 1. The molecule has 0 radical (unpaired) electrons. The van der Waals surface area contributed by atoms with Gasteiger partial charge in [0.15, 0.2) is 0 Å². The lowest BCUT2D eigenvalue weighted by molar-refractivity contribution is 0.0742. The van der Waals surface area contributed by atoms with Crippen molar-refractivity contribution in [2.75, 3.05) is 37.7 Å². The molecule has 2 aromatic rings. The van der Waals surface area contributed by atoms with E-state index < -0.39 is 5.82 Å². The third-order valence-electron chi connectivity index (χ3n) is 4.40. The van der Waals surface area contributed by atoms with Crippen molar-refractivity contribution in [3.05, 3.63) is 59.4 Å². The number of anilines is 1. The third-order valence-corrected chi connectivity index (χ3v) is 4.40.